The number of nitrogens with one attached hydrogen (secondary N) is 1. The molecule has 3 nitrogen and oxygen atoms in total. The Morgan fingerprint density at radius 3 is 1.52 bits per heavy atom. The molecule has 0 fully saturated rings. The minimum absolute atomic E-state index is 0.479. The van der Waals surface area contributed by atoms with E-state index in [2.05, 4.69) is 13.8 Å². The fourth-order valence-electron chi connectivity index (χ4n) is 2.54. The van der Waals surface area contributed by atoms with Crippen molar-refractivity contribution >= 4 is 10.0 Å². The van der Waals surface area contributed by atoms with Gasteiger partial charge in [-0.3, -0.25) is 0 Å². The lowest BCUT2D eigenvalue weighted by Crippen LogP contribution is -2.42. The summed E-state index contributed by atoms with van der Waals surface area (Å²) in [6.45, 7) is 4.19. The number of sulfonamides is 1. The molecule has 23 heavy (non-hydrogen) atoms. The lowest BCUT2D eigenvalue weighted by molar-refractivity contribution is -0.0451. The van der Waals surface area contributed by atoms with E-state index in [-0.39, 0.29) is 0 Å². The first-order chi connectivity index (χ1) is 10.7. The van der Waals surface area contributed by atoms with Gasteiger partial charge >= 0.3 is 15.5 Å². The Hall–Kier alpha value is -0.300. The lowest BCUT2D eigenvalue weighted by Gasteiger charge is -2.19. The summed E-state index contributed by atoms with van der Waals surface area (Å²) in [6, 6.07) is -0.607. The zero-order valence-electron chi connectivity index (χ0n) is 14.4. The molecule has 0 saturated heterocycles. The van der Waals surface area contributed by atoms with E-state index < -0.39 is 21.6 Å². The van der Waals surface area contributed by atoms with Crippen LogP contribution < -0.4 is 4.72 Å². The molecule has 140 valence electrons. The fraction of sp³-hybridized carbons (Fsp3) is 1.00. The molecule has 0 bridgehead atoms. The molecule has 0 aromatic carbocycles. The Morgan fingerprint density at radius 2 is 1.17 bits per heavy atom. The largest absolute Gasteiger partial charge is 0.511 e. The second-order valence-electron chi connectivity index (χ2n) is 6.17. The third kappa shape index (κ3) is 11.0. The first-order valence-corrected chi connectivity index (χ1v) is 10.3. The number of rotatable bonds is 14. The molecule has 0 amide bonds. The molecule has 0 radical (unpaired) electrons. The highest BCUT2D eigenvalue weighted by Crippen LogP contribution is 2.24. The third-order valence-electron chi connectivity index (χ3n) is 3.94. The maximum Gasteiger partial charge on any atom is 0.511 e. The monoisotopic (exact) mass is 359 g/mol. The lowest BCUT2D eigenvalue weighted by atomic mass is 10.0. The van der Waals surface area contributed by atoms with Gasteiger partial charge in [-0.1, -0.05) is 78.1 Å². The fourth-order valence-corrected chi connectivity index (χ4v) is 3.35. The molecule has 0 rings (SSSR count). The van der Waals surface area contributed by atoms with E-state index in [0.29, 0.717) is 12.8 Å². The van der Waals surface area contributed by atoms with Crippen LogP contribution in [0, 0.1) is 0 Å². The molecular formula is C16H32F3NO2S. The van der Waals surface area contributed by atoms with Crippen molar-refractivity contribution in [2.75, 3.05) is 0 Å². The Morgan fingerprint density at radius 1 is 0.783 bits per heavy atom. The van der Waals surface area contributed by atoms with Gasteiger partial charge in [-0.25, -0.2) is 13.1 Å². The summed E-state index contributed by atoms with van der Waals surface area (Å²) in [5.74, 6) is 0. The molecule has 7 heteroatoms. The predicted molar refractivity (Wildman–Crippen MR) is 88.7 cm³/mol. The van der Waals surface area contributed by atoms with Crippen molar-refractivity contribution in [3.8, 4) is 0 Å². The summed E-state index contributed by atoms with van der Waals surface area (Å²) in [6.07, 6.45) is 10.9. The van der Waals surface area contributed by atoms with E-state index in [1.165, 1.54) is 0 Å². The first-order valence-electron chi connectivity index (χ1n) is 8.83. The second kappa shape index (κ2) is 12.1. The number of unbranched alkanes of at least 4 members (excludes halogenated alkanes) is 8. The van der Waals surface area contributed by atoms with Crippen molar-refractivity contribution in [1.29, 1.82) is 0 Å². The summed E-state index contributed by atoms with van der Waals surface area (Å²) < 4.78 is 62.0. The van der Waals surface area contributed by atoms with E-state index in [9.17, 15) is 21.6 Å². The molecule has 0 aliphatic rings. The topological polar surface area (TPSA) is 46.2 Å². The Bertz CT molecular complexity index is 369. The van der Waals surface area contributed by atoms with Gasteiger partial charge in [-0.2, -0.15) is 13.2 Å². The zero-order valence-corrected chi connectivity index (χ0v) is 15.2. The molecule has 0 spiro atoms. The number of hydrogen-bond acceptors (Lipinski definition) is 2. The van der Waals surface area contributed by atoms with Crippen molar-refractivity contribution in [2.45, 2.75) is 102 Å². The maximum atomic E-state index is 12.5. The standard InChI is InChI=1S/C16H32F3NO2S/c1-3-5-7-9-11-13-15(14-12-10-8-6-4-2)20-23(21,22)16(17,18)19/h15,20H,3-14H2,1-2H3. The zero-order chi connectivity index (χ0) is 17.8. The number of alkyl halides is 3. The smallest absolute Gasteiger partial charge is 0.204 e. The van der Waals surface area contributed by atoms with Crippen molar-refractivity contribution in [3.05, 3.63) is 0 Å². The summed E-state index contributed by atoms with van der Waals surface area (Å²) in [5, 5.41) is 0. The van der Waals surface area contributed by atoms with Crippen LogP contribution in [0.15, 0.2) is 0 Å². The van der Waals surface area contributed by atoms with E-state index in [4.69, 9.17) is 0 Å². The summed E-state index contributed by atoms with van der Waals surface area (Å²) in [5.41, 5.74) is -5.23. The van der Waals surface area contributed by atoms with E-state index in [1.54, 1.807) is 0 Å². The van der Waals surface area contributed by atoms with Gasteiger partial charge in [-0.15, -0.1) is 0 Å². The molecule has 0 saturated carbocycles. The molecule has 0 aliphatic heterocycles. The molecular weight excluding hydrogens is 327 g/mol. The van der Waals surface area contributed by atoms with Crippen LogP contribution >= 0.6 is 0 Å². The van der Waals surface area contributed by atoms with E-state index in [0.717, 1.165) is 64.2 Å². The van der Waals surface area contributed by atoms with Gasteiger partial charge in [-0.05, 0) is 12.8 Å². The normalized spacial score (nSPS) is 13.0. The van der Waals surface area contributed by atoms with Crippen molar-refractivity contribution in [1.82, 2.24) is 4.72 Å². The van der Waals surface area contributed by atoms with E-state index >= 15 is 0 Å². The third-order valence-corrected chi connectivity index (χ3v) is 5.19. The average Bonchev–Trinajstić information content (AvgIpc) is 2.45. The molecule has 1 N–H and O–H groups in total. The molecule has 0 aliphatic carbocycles. The van der Waals surface area contributed by atoms with Crippen LogP contribution in [0.3, 0.4) is 0 Å². The van der Waals surface area contributed by atoms with Crippen molar-refractivity contribution in [2.24, 2.45) is 0 Å². The van der Waals surface area contributed by atoms with Crippen LogP contribution in [-0.4, -0.2) is 20.0 Å². The van der Waals surface area contributed by atoms with Crippen LogP contribution in [0.2, 0.25) is 0 Å². The van der Waals surface area contributed by atoms with Crippen molar-refractivity contribution in [3.63, 3.8) is 0 Å². The summed E-state index contributed by atoms with van der Waals surface area (Å²) in [7, 11) is -5.24. The Balaban J connectivity index is 4.37. The maximum absolute atomic E-state index is 12.5. The van der Waals surface area contributed by atoms with Crippen molar-refractivity contribution < 1.29 is 21.6 Å². The average molecular weight is 359 g/mol. The van der Waals surface area contributed by atoms with Gasteiger partial charge in [0.15, 0.2) is 0 Å². The van der Waals surface area contributed by atoms with Crippen LogP contribution in [0.5, 0.6) is 0 Å². The van der Waals surface area contributed by atoms with Crippen LogP contribution in [-0.2, 0) is 10.0 Å². The van der Waals surface area contributed by atoms with Gasteiger partial charge in [0.1, 0.15) is 0 Å². The summed E-state index contributed by atoms with van der Waals surface area (Å²) >= 11 is 0. The molecule has 0 aromatic heterocycles. The minimum atomic E-state index is -5.24. The highest BCUT2D eigenvalue weighted by Gasteiger charge is 2.46. The van der Waals surface area contributed by atoms with Gasteiger partial charge in [0, 0.05) is 6.04 Å². The summed E-state index contributed by atoms with van der Waals surface area (Å²) in [4.78, 5) is 0. The molecule has 0 unspecified atom stereocenters. The highest BCUT2D eigenvalue weighted by atomic mass is 32.2. The molecule has 0 atom stereocenters. The van der Waals surface area contributed by atoms with Crippen LogP contribution in [0.1, 0.15) is 90.9 Å². The molecule has 0 aromatic rings. The Kier molecular flexibility index (Phi) is 12.0. The second-order valence-corrected chi connectivity index (χ2v) is 7.88. The number of halogens is 3. The number of hydrogen-bond donors (Lipinski definition) is 1. The Labute approximate surface area is 139 Å². The van der Waals surface area contributed by atoms with Gasteiger partial charge in [0.2, 0.25) is 0 Å². The first kappa shape index (κ1) is 22.7. The molecule has 0 heterocycles. The van der Waals surface area contributed by atoms with Gasteiger partial charge in [0.05, 0.1) is 0 Å². The van der Waals surface area contributed by atoms with Gasteiger partial charge in [0.25, 0.3) is 0 Å². The van der Waals surface area contributed by atoms with Crippen LogP contribution in [0.4, 0.5) is 13.2 Å². The van der Waals surface area contributed by atoms with E-state index in [1.807, 2.05) is 4.72 Å². The predicted octanol–water partition coefficient (Wildman–Crippen LogP) is 5.52. The quantitative estimate of drug-likeness (QED) is 0.415. The highest BCUT2D eigenvalue weighted by molar-refractivity contribution is 7.90. The SMILES string of the molecule is CCCCCCCC(CCCCCCC)NS(=O)(=O)C(F)(F)F. The van der Waals surface area contributed by atoms with Gasteiger partial charge < -0.3 is 0 Å². The minimum Gasteiger partial charge on any atom is -0.204 e. The van der Waals surface area contributed by atoms with Crippen LogP contribution in [0.25, 0.3) is 0 Å².